The molecule has 1 saturated heterocycles. The first kappa shape index (κ1) is 13.5. The van der Waals surface area contributed by atoms with Crippen LogP contribution >= 0.6 is 0 Å². The molecule has 3 unspecified atom stereocenters. The number of methoxy groups -OCH3 is 1. The summed E-state index contributed by atoms with van der Waals surface area (Å²) in [5.41, 5.74) is 0. The van der Waals surface area contributed by atoms with E-state index in [1.54, 1.807) is 7.11 Å². The van der Waals surface area contributed by atoms with E-state index in [9.17, 15) is 4.79 Å². The standard InChI is InChI=1S/C12H24N2O2/c1-5-10(3)11-12(15)14(8-13-11)6-9(2)7-16-4/h9-11,13H,5-8H2,1-4H3. The zero-order valence-electron chi connectivity index (χ0n) is 10.8. The average Bonchev–Trinajstić information content (AvgIpc) is 2.60. The molecule has 0 aromatic carbocycles. The van der Waals surface area contributed by atoms with Gasteiger partial charge in [0.25, 0.3) is 0 Å². The van der Waals surface area contributed by atoms with Crippen LogP contribution in [0.3, 0.4) is 0 Å². The van der Waals surface area contributed by atoms with Crippen molar-refractivity contribution in [3.05, 3.63) is 0 Å². The summed E-state index contributed by atoms with van der Waals surface area (Å²) in [6, 6.07) is 0.0137. The third kappa shape index (κ3) is 3.19. The molecule has 1 amide bonds. The van der Waals surface area contributed by atoms with E-state index in [-0.39, 0.29) is 11.9 Å². The van der Waals surface area contributed by atoms with Crippen molar-refractivity contribution in [3.63, 3.8) is 0 Å². The molecule has 1 aliphatic rings. The zero-order valence-corrected chi connectivity index (χ0v) is 10.8. The Kier molecular flexibility index (Phi) is 5.22. The largest absolute Gasteiger partial charge is 0.384 e. The number of nitrogens with zero attached hydrogens (tertiary/aromatic N) is 1. The van der Waals surface area contributed by atoms with Crippen LogP contribution in [0.15, 0.2) is 0 Å². The minimum Gasteiger partial charge on any atom is -0.384 e. The molecule has 0 saturated carbocycles. The highest BCUT2D eigenvalue weighted by molar-refractivity contribution is 5.84. The molecule has 1 heterocycles. The van der Waals surface area contributed by atoms with Crippen LogP contribution in [0.2, 0.25) is 0 Å². The number of hydrogen-bond donors (Lipinski definition) is 1. The molecular weight excluding hydrogens is 204 g/mol. The van der Waals surface area contributed by atoms with Crippen LogP contribution in [0.5, 0.6) is 0 Å². The quantitative estimate of drug-likeness (QED) is 0.739. The molecule has 94 valence electrons. The van der Waals surface area contributed by atoms with Gasteiger partial charge in [0.15, 0.2) is 0 Å². The molecule has 0 aromatic rings. The third-order valence-corrected chi connectivity index (χ3v) is 3.28. The highest BCUT2D eigenvalue weighted by Gasteiger charge is 2.34. The van der Waals surface area contributed by atoms with Gasteiger partial charge in [-0.1, -0.05) is 27.2 Å². The molecule has 0 bridgehead atoms. The summed E-state index contributed by atoms with van der Waals surface area (Å²) in [5.74, 6) is 1.05. The molecule has 4 heteroatoms. The Hall–Kier alpha value is -0.610. The monoisotopic (exact) mass is 228 g/mol. The van der Waals surface area contributed by atoms with Crippen LogP contribution in [-0.4, -0.2) is 43.8 Å². The minimum atomic E-state index is 0.0137. The van der Waals surface area contributed by atoms with Gasteiger partial charge in [-0.2, -0.15) is 0 Å². The fourth-order valence-corrected chi connectivity index (χ4v) is 2.12. The fraction of sp³-hybridized carbons (Fsp3) is 0.917. The second-order valence-corrected chi connectivity index (χ2v) is 4.85. The first-order valence-electron chi connectivity index (χ1n) is 6.11. The molecule has 0 aromatic heterocycles. The van der Waals surface area contributed by atoms with Gasteiger partial charge in [-0.25, -0.2) is 0 Å². The lowest BCUT2D eigenvalue weighted by atomic mass is 9.99. The Morgan fingerprint density at radius 1 is 1.56 bits per heavy atom. The predicted molar refractivity (Wildman–Crippen MR) is 64.0 cm³/mol. The van der Waals surface area contributed by atoms with E-state index < -0.39 is 0 Å². The molecule has 3 atom stereocenters. The van der Waals surface area contributed by atoms with E-state index in [2.05, 4.69) is 26.1 Å². The maximum absolute atomic E-state index is 12.1. The van der Waals surface area contributed by atoms with Crippen LogP contribution in [0.1, 0.15) is 27.2 Å². The van der Waals surface area contributed by atoms with Gasteiger partial charge in [0, 0.05) is 13.7 Å². The Balaban J connectivity index is 2.44. The number of rotatable bonds is 6. The smallest absolute Gasteiger partial charge is 0.241 e. The molecule has 1 rings (SSSR count). The lowest BCUT2D eigenvalue weighted by Gasteiger charge is -2.21. The Morgan fingerprint density at radius 3 is 2.81 bits per heavy atom. The van der Waals surface area contributed by atoms with E-state index in [4.69, 9.17) is 4.74 Å². The molecule has 1 fully saturated rings. The Morgan fingerprint density at radius 2 is 2.25 bits per heavy atom. The molecule has 1 N–H and O–H groups in total. The van der Waals surface area contributed by atoms with Crippen molar-refractivity contribution < 1.29 is 9.53 Å². The van der Waals surface area contributed by atoms with Gasteiger partial charge in [0.2, 0.25) is 5.91 Å². The van der Waals surface area contributed by atoms with Crippen LogP contribution in [0.4, 0.5) is 0 Å². The number of carbonyl (C=O) groups is 1. The van der Waals surface area contributed by atoms with Gasteiger partial charge in [-0.05, 0) is 11.8 Å². The normalized spacial score (nSPS) is 24.9. The lowest BCUT2D eigenvalue weighted by Crippen LogP contribution is -2.37. The summed E-state index contributed by atoms with van der Waals surface area (Å²) in [6.07, 6.45) is 1.03. The Labute approximate surface area is 98.3 Å². The van der Waals surface area contributed by atoms with Gasteiger partial charge in [-0.15, -0.1) is 0 Å². The third-order valence-electron chi connectivity index (χ3n) is 3.28. The van der Waals surface area contributed by atoms with Gasteiger partial charge in [0.1, 0.15) is 0 Å². The fourth-order valence-electron chi connectivity index (χ4n) is 2.12. The summed E-state index contributed by atoms with van der Waals surface area (Å²) in [5, 5.41) is 3.29. The van der Waals surface area contributed by atoms with Crippen LogP contribution in [-0.2, 0) is 9.53 Å². The molecule has 0 radical (unpaired) electrons. The molecule has 0 spiro atoms. The van der Waals surface area contributed by atoms with Gasteiger partial charge in [-0.3, -0.25) is 10.1 Å². The lowest BCUT2D eigenvalue weighted by molar-refractivity contribution is -0.130. The molecular formula is C12H24N2O2. The second kappa shape index (κ2) is 6.21. The number of ether oxygens (including phenoxy) is 1. The predicted octanol–water partition coefficient (Wildman–Crippen LogP) is 1.07. The van der Waals surface area contributed by atoms with Crippen molar-refractivity contribution in [1.82, 2.24) is 10.2 Å². The molecule has 1 aliphatic heterocycles. The molecule has 16 heavy (non-hydrogen) atoms. The van der Waals surface area contributed by atoms with Crippen molar-refractivity contribution in [1.29, 1.82) is 0 Å². The number of nitrogens with one attached hydrogen (secondary N) is 1. The molecule has 0 aliphatic carbocycles. The van der Waals surface area contributed by atoms with Crippen LogP contribution in [0, 0.1) is 11.8 Å². The van der Waals surface area contributed by atoms with Crippen molar-refractivity contribution in [2.24, 2.45) is 11.8 Å². The summed E-state index contributed by atoms with van der Waals surface area (Å²) < 4.78 is 5.09. The minimum absolute atomic E-state index is 0.0137. The van der Waals surface area contributed by atoms with Crippen LogP contribution in [0.25, 0.3) is 0 Å². The van der Waals surface area contributed by atoms with Gasteiger partial charge in [0.05, 0.1) is 19.3 Å². The highest BCUT2D eigenvalue weighted by Crippen LogP contribution is 2.16. The van der Waals surface area contributed by atoms with Crippen LogP contribution < -0.4 is 5.32 Å². The van der Waals surface area contributed by atoms with E-state index in [0.29, 0.717) is 25.1 Å². The maximum atomic E-state index is 12.1. The van der Waals surface area contributed by atoms with Crippen molar-refractivity contribution in [2.45, 2.75) is 33.2 Å². The number of hydrogen-bond acceptors (Lipinski definition) is 3. The summed E-state index contributed by atoms with van der Waals surface area (Å²) in [6.45, 7) is 8.52. The van der Waals surface area contributed by atoms with E-state index in [0.717, 1.165) is 13.0 Å². The summed E-state index contributed by atoms with van der Waals surface area (Å²) >= 11 is 0. The first-order valence-corrected chi connectivity index (χ1v) is 6.11. The maximum Gasteiger partial charge on any atom is 0.241 e. The Bertz CT molecular complexity index is 233. The highest BCUT2D eigenvalue weighted by atomic mass is 16.5. The van der Waals surface area contributed by atoms with Gasteiger partial charge >= 0.3 is 0 Å². The summed E-state index contributed by atoms with van der Waals surface area (Å²) in [7, 11) is 1.70. The van der Waals surface area contributed by atoms with Crippen molar-refractivity contribution in [2.75, 3.05) is 26.9 Å². The zero-order chi connectivity index (χ0) is 12.1. The average molecular weight is 228 g/mol. The van der Waals surface area contributed by atoms with Gasteiger partial charge < -0.3 is 9.64 Å². The van der Waals surface area contributed by atoms with E-state index >= 15 is 0 Å². The van der Waals surface area contributed by atoms with Crippen molar-refractivity contribution in [3.8, 4) is 0 Å². The molecule has 4 nitrogen and oxygen atoms in total. The SMILES string of the molecule is CCC(C)C1NCN(CC(C)COC)C1=O. The van der Waals surface area contributed by atoms with E-state index in [1.807, 2.05) is 4.90 Å². The first-order chi connectivity index (χ1) is 7.60. The topological polar surface area (TPSA) is 41.6 Å². The second-order valence-electron chi connectivity index (χ2n) is 4.85. The summed E-state index contributed by atoms with van der Waals surface area (Å²) in [4.78, 5) is 14.0. The number of amides is 1. The van der Waals surface area contributed by atoms with Crippen molar-refractivity contribution >= 4 is 5.91 Å². The van der Waals surface area contributed by atoms with E-state index in [1.165, 1.54) is 0 Å². The number of carbonyl (C=O) groups excluding carboxylic acids is 1.